The van der Waals surface area contributed by atoms with E-state index in [9.17, 15) is 4.79 Å². The lowest BCUT2D eigenvalue weighted by Crippen LogP contribution is -1.92. The summed E-state index contributed by atoms with van der Waals surface area (Å²) in [5.41, 5.74) is 8.15. The second kappa shape index (κ2) is 16.0. The van der Waals surface area contributed by atoms with Gasteiger partial charge in [0.1, 0.15) is 0 Å². The average molecular weight is 334 g/mol. The van der Waals surface area contributed by atoms with Crippen LogP contribution >= 0.6 is 11.3 Å². The van der Waals surface area contributed by atoms with Crippen LogP contribution in [0.5, 0.6) is 0 Å². The Morgan fingerprint density at radius 3 is 2.13 bits per heavy atom. The zero-order valence-electron chi connectivity index (χ0n) is 14.2. The van der Waals surface area contributed by atoms with E-state index in [0.29, 0.717) is 11.5 Å². The van der Waals surface area contributed by atoms with Gasteiger partial charge in [-0.2, -0.15) is 0 Å². The first-order valence-corrected chi connectivity index (χ1v) is 8.21. The van der Waals surface area contributed by atoms with Gasteiger partial charge in [0.2, 0.25) is 6.41 Å². The minimum absolute atomic E-state index is 0.556. The molecule has 126 valence electrons. The molecule has 5 heteroatoms. The highest BCUT2D eigenvalue weighted by Crippen LogP contribution is 2.24. The number of nitrogens with one attached hydrogen (secondary N) is 1. The number of carbonyl (C=O) groups is 1. The normalized spacial score (nSPS) is 7.96. The molecule has 1 amide bonds. The lowest BCUT2D eigenvalue weighted by molar-refractivity contribution is -0.105. The van der Waals surface area contributed by atoms with Crippen LogP contribution in [-0.2, 0) is 4.79 Å². The van der Waals surface area contributed by atoms with Crippen molar-refractivity contribution < 1.29 is 4.79 Å². The number of aromatic nitrogens is 1. The highest BCUT2D eigenvalue weighted by molar-refractivity contribution is 7.13. The molecule has 4 nitrogen and oxygen atoms in total. The van der Waals surface area contributed by atoms with Crippen molar-refractivity contribution in [2.75, 3.05) is 11.1 Å². The number of carbonyl (C=O) groups excluding carboxylic acids is 1. The van der Waals surface area contributed by atoms with Crippen LogP contribution in [0.1, 0.15) is 27.2 Å². The maximum atomic E-state index is 10.2. The first kappa shape index (κ1) is 22.9. The quantitative estimate of drug-likeness (QED) is 0.583. The van der Waals surface area contributed by atoms with Crippen molar-refractivity contribution in [2.24, 2.45) is 0 Å². The molecular formula is C18H27N3OS. The van der Waals surface area contributed by atoms with Crippen LogP contribution < -0.4 is 11.1 Å². The SMILES string of the molecule is C=C.C=CCC.CC.Nc1nc(-c2ccc(NC=O)cc2)cs1. The van der Waals surface area contributed by atoms with Crippen molar-refractivity contribution in [1.29, 1.82) is 0 Å². The van der Waals surface area contributed by atoms with Gasteiger partial charge in [0.05, 0.1) is 5.69 Å². The van der Waals surface area contributed by atoms with E-state index < -0.39 is 0 Å². The van der Waals surface area contributed by atoms with Gasteiger partial charge in [-0.3, -0.25) is 4.79 Å². The lowest BCUT2D eigenvalue weighted by Gasteiger charge is -1.99. The zero-order chi connectivity index (χ0) is 18.1. The molecule has 2 aromatic rings. The molecule has 0 saturated heterocycles. The highest BCUT2D eigenvalue weighted by Gasteiger charge is 2.01. The van der Waals surface area contributed by atoms with Crippen molar-refractivity contribution >= 4 is 28.6 Å². The Morgan fingerprint density at radius 2 is 1.78 bits per heavy atom. The summed E-state index contributed by atoms with van der Waals surface area (Å²) in [4.78, 5) is 14.4. The molecule has 2 rings (SSSR count). The molecule has 3 N–H and O–H groups in total. The molecule has 1 aromatic heterocycles. The number of nitrogens with zero attached hydrogens (tertiary/aromatic N) is 1. The molecule has 0 atom stereocenters. The number of nitrogens with two attached hydrogens (primary N) is 1. The van der Waals surface area contributed by atoms with Gasteiger partial charge in [0, 0.05) is 16.6 Å². The fourth-order valence-electron chi connectivity index (χ4n) is 1.23. The molecular weight excluding hydrogens is 306 g/mol. The predicted molar refractivity (Wildman–Crippen MR) is 105 cm³/mol. The Morgan fingerprint density at radius 1 is 1.26 bits per heavy atom. The van der Waals surface area contributed by atoms with Gasteiger partial charge in [0.15, 0.2) is 5.13 Å². The second-order valence-electron chi connectivity index (χ2n) is 3.61. The van der Waals surface area contributed by atoms with Crippen molar-refractivity contribution in [2.45, 2.75) is 27.2 Å². The number of hydrogen-bond acceptors (Lipinski definition) is 4. The highest BCUT2D eigenvalue weighted by atomic mass is 32.1. The monoisotopic (exact) mass is 333 g/mol. The van der Waals surface area contributed by atoms with Gasteiger partial charge in [-0.15, -0.1) is 31.1 Å². The molecule has 1 heterocycles. The van der Waals surface area contributed by atoms with Gasteiger partial charge in [-0.25, -0.2) is 4.98 Å². The Kier molecular flexibility index (Phi) is 15.9. The van der Waals surface area contributed by atoms with Crippen LogP contribution in [0.15, 0.2) is 55.5 Å². The Balaban J connectivity index is 0. The van der Waals surface area contributed by atoms with E-state index in [1.165, 1.54) is 11.3 Å². The van der Waals surface area contributed by atoms with Crippen LogP contribution in [0.4, 0.5) is 10.8 Å². The lowest BCUT2D eigenvalue weighted by atomic mass is 10.1. The zero-order valence-corrected chi connectivity index (χ0v) is 15.0. The summed E-state index contributed by atoms with van der Waals surface area (Å²) in [6, 6.07) is 7.42. The molecule has 0 aliphatic rings. The second-order valence-corrected chi connectivity index (χ2v) is 4.50. The van der Waals surface area contributed by atoms with Crippen LogP contribution in [0.3, 0.4) is 0 Å². The van der Waals surface area contributed by atoms with E-state index in [1.54, 1.807) is 0 Å². The van der Waals surface area contributed by atoms with Crippen LogP contribution in [0.25, 0.3) is 11.3 Å². The fourth-order valence-corrected chi connectivity index (χ4v) is 1.80. The van der Waals surface area contributed by atoms with E-state index >= 15 is 0 Å². The minimum atomic E-state index is 0.556. The Bertz CT molecular complexity index is 535. The number of thiazole rings is 1. The molecule has 0 aliphatic carbocycles. The average Bonchev–Trinajstić information content (AvgIpc) is 3.06. The molecule has 0 radical (unpaired) electrons. The Labute approximate surface area is 143 Å². The summed E-state index contributed by atoms with van der Waals surface area (Å²) < 4.78 is 0. The molecule has 0 spiro atoms. The summed E-state index contributed by atoms with van der Waals surface area (Å²) in [7, 11) is 0. The number of benzene rings is 1. The third kappa shape index (κ3) is 10.0. The van der Waals surface area contributed by atoms with E-state index in [0.717, 1.165) is 23.4 Å². The number of rotatable bonds is 4. The van der Waals surface area contributed by atoms with Crippen molar-refractivity contribution in [3.8, 4) is 11.3 Å². The first-order chi connectivity index (χ1) is 11.2. The van der Waals surface area contributed by atoms with Crippen molar-refractivity contribution in [1.82, 2.24) is 4.98 Å². The topological polar surface area (TPSA) is 68.0 Å². The smallest absolute Gasteiger partial charge is 0.211 e. The molecule has 1 aromatic carbocycles. The van der Waals surface area contributed by atoms with E-state index in [2.05, 4.69) is 37.0 Å². The van der Waals surface area contributed by atoms with Gasteiger partial charge in [-0.05, 0) is 18.6 Å². The van der Waals surface area contributed by atoms with E-state index in [4.69, 9.17) is 5.73 Å². The van der Waals surface area contributed by atoms with E-state index in [-0.39, 0.29) is 0 Å². The predicted octanol–water partition coefficient (Wildman–Crippen LogP) is 5.37. The third-order valence-corrected chi connectivity index (χ3v) is 2.89. The molecule has 0 unspecified atom stereocenters. The maximum Gasteiger partial charge on any atom is 0.211 e. The number of anilines is 2. The number of allylic oxidation sites excluding steroid dienone is 1. The largest absolute Gasteiger partial charge is 0.375 e. The summed E-state index contributed by atoms with van der Waals surface area (Å²) in [6.07, 6.45) is 3.61. The summed E-state index contributed by atoms with van der Waals surface area (Å²) in [5.74, 6) is 0. The maximum absolute atomic E-state index is 10.2. The van der Waals surface area contributed by atoms with Gasteiger partial charge >= 0.3 is 0 Å². The number of hydrogen-bond donors (Lipinski definition) is 2. The van der Waals surface area contributed by atoms with Crippen LogP contribution in [0, 0.1) is 0 Å². The summed E-state index contributed by atoms with van der Waals surface area (Å²) in [6.45, 7) is 15.5. The van der Waals surface area contributed by atoms with Crippen molar-refractivity contribution in [3.05, 3.63) is 55.5 Å². The van der Waals surface area contributed by atoms with Crippen LogP contribution in [0.2, 0.25) is 0 Å². The van der Waals surface area contributed by atoms with Gasteiger partial charge < -0.3 is 11.1 Å². The van der Waals surface area contributed by atoms with E-state index in [1.807, 2.05) is 49.6 Å². The summed E-state index contributed by atoms with van der Waals surface area (Å²) in [5, 5.41) is 5.02. The standard InChI is InChI=1S/C10H9N3OS.C4H8.C2H6.C2H4/c11-10-13-9(5-15-10)7-1-3-8(4-2-7)12-6-14;1-3-4-2;2*1-2/h1-6H,(H2,11,13)(H,12,14);3H,1,4H2,2H3;1-2H3;1-2H2. The summed E-state index contributed by atoms with van der Waals surface area (Å²) >= 11 is 1.41. The molecule has 0 fully saturated rings. The number of nitrogen functional groups attached to an aromatic ring is 1. The minimum Gasteiger partial charge on any atom is -0.375 e. The van der Waals surface area contributed by atoms with Crippen molar-refractivity contribution in [3.63, 3.8) is 0 Å². The van der Waals surface area contributed by atoms with Gasteiger partial charge in [-0.1, -0.05) is 39.0 Å². The van der Waals surface area contributed by atoms with Gasteiger partial charge in [0.25, 0.3) is 0 Å². The Hall–Kier alpha value is -2.40. The third-order valence-electron chi connectivity index (χ3n) is 2.22. The van der Waals surface area contributed by atoms with Crippen LogP contribution in [-0.4, -0.2) is 11.4 Å². The molecule has 0 saturated carbocycles. The number of amides is 1. The molecule has 0 bridgehead atoms. The molecule has 0 aliphatic heterocycles. The fraction of sp³-hybridized carbons (Fsp3) is 0.222. The first-order valence-electron chi connectivity index (χ1n) is 7.33. The molecule has 23 heavy (non-hydrogen) atoms.